The van der Waals surface area contributed by atoms with Crippen molar-refractivity contribution in [2.45, 2.75) is 95.8 Å². The molecule has 2 fully saturated rings. The zero-order valence-corrected chi connectivity index (χ0v) is 21.4. The quantitative estimate of drug-likeness (QED) is 0.493. The molecule has 2 aliphatic rings. The van der Waals surface area contributed by atoms with E-state index in [9.17, 15) is 0 Å². The first kappa shape index (κ1) is 24.5. The highest BCUT2D eigenvalue weighted by Gasteiger charge is 2.57. The van der Waals surface area contributed by atoms with E-state index in [0.29, 0.717) is 0 Å². The SMILES string of the molecule is CC1(C)OB([C@@H](C[C@@H](B2OC(C)(C)C(C)(C)O2)c2ccccc2)c2ccccc2)OC1(C)C. The third-order valence-corrected chi connectivity index (χ3v) is 8.16. The van der Waals surface area contributed by atoms with Gasteiger partial charge in [-0.3, -0.25) is 0 Å². The molecule has 2 heterocycles. The van der Waals surface area contributed by atoms with Crippen LogP contribution in [0.4, 0.5) is 0 Å². The van der Waals surface area contributed by atoms with Gasteiger partial charge in [0.1, 0.15) is 0 Å². The van der Waals surface area contributed by atoms with E-state index in [0.717, 1.165) is 6.42 Å². The minimum atomic E-state index is -0.392. The van der Waals surface area contributed by atoms with Gasteiger partial charge in [-0.2, -0.15) is 0 Å². The van der Waals surface area contributed by atoms with Crippen LogP contribution in [0.5, 0.6) is 0 Å². The Kier molecular flexibility index (Phi) is 6.37. The predicted octanol–water partition coefficient (Wildman–Crippen LogP) is 6.21. The van der Waals surface area contributed by atoms with Crippen LogP contribution in [-0.2, 0) is 18.6 Å². The number of rotatable bonds is 6. The zero-order chi connectivity index (χ0) is 24.1. The highest BCUT2D eigenvalue weighted by Crippen LogP contribution is 2.47. The second kappa shape index (κ2) is 8.57. The van der Waals surface area contributed by atoms with Gasteiger partial charge < -0.3 is 18.6 Å². The highest BCUT2D eigenvalue weighted by atomic mass is 16.7. The van der Waals surface area contributed by atoms with Crippen molar-refractivity contribution in [2.75, 3.05) is 0 Å². The molecular formula is C27H38B2O4. The molecule has 2 aliphatic heterocycles. The predicted molar refractivity (Wildman–Crippen MR) is 135 cm³/mol. The Bertz CT molecular complexity index is 834. The van der Waals surface area contributed by atoms with Crippen LogP contribution in [0.3, 0.4) is 0 Å². The molecule has 4 rings (SSSR count). The third-order valence-electron chi connectivity index (χ3n) is 8.16. The standard InChI is InChI=1S/C27H38B2O4/c1-24(2)25(3,4)31-28(30-24)22(20-15-11-9-12-16-20)19-23(21-17-13-10-14-18-21)29-32-26(5,6)27(7,8)33-29/h9-18,22-23H,19H2,1-8H3/t22-,23+. The Morgan fingerprint density at radius 2 is 0.788 bits per heavy atom. The average molecular weight is 448 g/mol. The van der Waals surface area contributed by atoms with Gasteiger partial charge in [-0.25, -0.2) is 0 Å². The summed E-state index contributed by atoms with van der Waals surface area (Å²) < 4.78 is 26.2. The van der Waals surface area contributed by atoms with Crippen molar-refractivity contribution in [3.05, 3.63) is 71.8 Å². The summed E-state index contributed by atoms with van der Waals surface area (Å²) >= 11 is 0. The zero-order valence-electron chi connectivity index (χ0n) is 21.4. The third kappa shape index (κ3) is 4.68. The fourth-order valence-corrected chi connectivity index (χ4v) is 4.59. The van der Waals surface area contributed by atoms with Gasteiger partial charge >= 0.3 is 14.2 Å². The maximum absolute atomic E-state index is 6.56. The van der Waals surface area contributed by atoms with Gasteiger partial charge in [0.2, 0.25) is 0 Å². The molecule has 0 radical (unpaired) electrons. The summed E-state index contributed by atoms with van der Waals surface area (Å²) in [6.45, 7) is 16.9. The summed E-state index contributed by atoms with van der Waals surface area (Å²) in [4.78, 5) is 0. The first-order chi connectivity index (χ1) is 15.3. The minimum Gasteiger partial charge on any atom is -0.403 e. The fourth-order valence-electron chi connectivity index (χ4n) is 4.59. The molecule has 2 aromatic carbocycles. The molecule has 0 saturated carbocycles. The van der Waals surface area contributed by atoms with E-state index < -0.39 is 22.4 Å². The summed E-state index contributed by atoms with van der Waals surface area (Å²) in [6.07, 6.45) is 0.779. The molecule has 0 spiro atoms. The lowest BCUT2D eigenvalue weighted by atomic mass is 9.56. The molecule has 0 aromatic heterocycles. The van der Waals surface area contributed by atoms with E-state index in [-0.39, 0.29) is 25.9 Å². The Morgan fingerprint density at radius 3 is 1.06 bits per heavy atom. The Morgan fingerprint density at radius 1 is 0.515 bits per heavy atom. The van der Waals surface area contributed by atoms with E-state index >= 15 is 0 Å². The molecule has 0 bridgehead atoms. The molecule has 6 heteroatoms. The maximum atomic E-state index is 6.56. The van der Waals surface area contributed by atoms with Gasteiger partial charge in [0.05, 0.1) is 22.4 Å². The molecule has 33 heavy (non-hydrogen) atoms. The van der Waals surface area contributed by atoms with E-state index in [1.807, 2.05) is 12.1 Å². The van der Waals surface area contributed by atoms with Crippen molar-refractivity contribution in [1.29, 1.82) is 0 Å². The largest absolute Gasteiger partial charge is 0.465 e. The Hall–Kier alpha value is -1.59. The van der Waals surface area contributed by atoms with Crippen LogP contribution in [0.15, 0.2) is 60.7 Å². The van der Waals surface area contributed by atoms with E-state index in [1.54, 1.807) is 0 Å². The van der Waals surface area contributed by atoms with Gasteiger partial charge in [-0.15, -0.1) is 0 Å². The summed E-state index contributed by atoms with van der Waals surface area (Å²) in [5, 5.41) is 0. The number of hydrogen-bond donors (Lipinski definition) is 0. The second-order valence-corrected chi connectivity index (χ2v) is 11.5. The van der Waals surface area contributed by atoms with Crippen LogP contribution in [0, 0.1) is 0 Å². The molecule has 176 valence electrons. The summed E-state index contributed by atoms with van der Waals surface area (Å²) in [7, 11) is -0.711. The van der Waals surface area contributed by atoms with Crippen LogP contribution in [-0.4, -0.2) is 36.6 Å². The Balaban J connectivity index is 1.71. The molecule has 4 nitrogen and oxygen atoms in total. The molecule has 0 aliphatic carbocycles. The van der Waals surface area contributed by atoms with Crippen molar-refractivity contribution in [1.82, 2.24) is 0 Å². The van der Waals surface area contributed by atoms with Crippen molar-refractivity contribution in [3.8, 4) is 0 Å². The van der Waals surface area contributed by atoms with E-state index in [2.05, 4.69) is 104 Å². The van der Waals surface area contributed by atoms with E-state index in [1.165, 1.54) is 11.1 Å². The Labute approximate surface area is 200 Å². The summed E-state index contributed by atoms with van der Waals surface area (Å²) in [5.41, 5.74) is 0.838. The fraction of sp³-hybridized carbons (Fsp3) is 0.556. The molecule has 0 unspecified atom stereocenters. The molecule has 2 saturated heterocycles. The van der Waals surface area contributed by atoms with Crippen molar-refractivity contribution in [2.24, 2.45) is 0 Å². The first-order valence-corrected chi connectivity index (χ1v) is 12.1. The smallest absolute Gasteiger partial charge is 0.403 e. The van der Waals surface area contributed by atoms with Gasteiger partial charge in [-0.05, 0) is 72.9 Å². The topological polar surface area (TPSA) is 36.9 Å². The van der Waals surface area contributed by atoms with Gasteiger partial charge in [0, 0.05) is 11.6 Å². The molecule has 0 amide bonds. The average Bonchev–Trinajstić information content (AvgIpc) is 3.09. The maximum Gasteiger partial charge on any atom is 0.465 e. The minimum absolute atomic E-state index is 0.0245. The molecule has 0 N–H and O–H groups in total. The molecule has 2 aromatic rings. The molecule has 2 atom stereocenters. The van der Waals surface area contributed by atoms with Crippen LogP contribution < -0.4 is 0 Å². The molecular weight excluding hydrogens is 410 g/mol. The lowest BCUT2D eigenvalue weighted by Crippen LogP contribution is -2.41. The number of benzene rings is 2. The van der Waals surface area contributed by atoms with Gasteiger partial charge in [0.15, 0.2) is 0 Å². The highest BCUT2D eigenvalue weighted by molar-refractivity contribution is 6.50. The normalized spacial score (nSPS) is 24.6. The summed E-state index contributed by atoms with van der Waals surface area (Å²) in [5.74, 6) is 0.0490. The number of hydrogen-bond acceptors (Lipinski definition) is 4. The van der Waals surface area contributed by atoms with Crippen molar-refractivity contribution >= 4 is 14.2 Å². The second-order valence-electron chi connectivity index (χ2n) is 11.5. The first-order valence-electron chi connectivity index (χ1n) is 12.1. The van der Waals surface area contributed by atoms with Crippen molar-refractivity contribution < 1.29 is 18.6 Å². The van der Waals surface area contributed by atoms with Crippen molar-refractivity contribution in [3.63, 3.8) is 0 Å². The van der Waals surface area contributed by atoms with E-state index in [4.69, 9.17) is 18.6 Å². The van der Waals surface area contributed by atoms with Gasteiger partial charge in [-0.1, -0.05) is 60.7 Å². The van der Waals surface area contributed by atoms with Crippen LogP contribution in [0.25, 0.3) is 0 Å². The van der Waals surface area contributed by atoms with Gasteiger partial charge in [0.25, 0.3) is 0 Å². The van der Waals surface area contributed by atoms with Crippen LogP contribution in [0.1, 0.15) is 84.6 Å². The lowest BCUT2D eigenvalue weighted by molar-refractivity contribution is 0.00578. The lowest BCUT2D eigenvalue weighted by Gasteiger charge is -2.32. The summed E-state index contributed by atoms with van der Waals surface area (Å²) in [6, 6.07) is 21.1. The van der Waals surface area contributed by atoms with Crippen LogP contribution in [0.2, 0.25) is 0 Å². The van der Waals surface area contributed by atoms with Crippen LogP contribution >= 0.6 is 0 Å². The monoisotopic (exact) mass is 448 g/mol.